The molecule has 0 amide bonds. The molecule has 0 fully saturated rings. The molecular weight excluding hydrogens is 821 g/mol. The number of hydrogen-bond donors (Lipinski definition) is 1. The number of fused-ring (bicyclic) bond motifs is 13. The second kappa shape index (κ2) is 14.6. The molecule has 13 aromatic rings. The van der Waals surface area contributed by atoms with E-state index in [1.54, 1.807) is 0 Å². The zero-order valence-corrected chi connectivity index (χ0v) is 36.4. The Morgan fingerprint density at radius 3 is 1.85 bits per heavy atom. The van der Waals surface area contributed by atoms with Crippen molar-refractivity contribution in [2.45, 2.75) is 6.17 Å². The molecule has 14 rings (SSSR count). The molecule has 0 aliphatic carbocycles. The molecular formula is C61H38N4S. The van der Waals surface area contributed by atoms with Crippen molar-refractivity contribution in [3.8, 4) is 16.8 Å². The van der Waals surface area contributed by atoms with Gasteiger partial charge >= 0.3 is 0 Å². The number of para-hydroxylation sites is 1. The fraction of sp³-hybridized carbons (Fsp3) is 0.0164. The average molecular weight is 859 g/mol. The van der Waals surface area contributed by atoms with Crippen molar-refractivity contribution in [2.24, 2.45) is 9.98 Å². The number of rotatable bonds is 5. The highest BCUT2D eigenvalue weighted by Crippen LogP contribution is 2.45. The number of nitrogens with zero attached hydrogens (tertiary/aromatic N) is 3. The number of thiophene rings is 1. The average Bonchev–Trinajstić information content (AvgIpc) is 3.93. The molecule has 0 saturated carbocycles. The SMILES string of the molecule is c1ccc(C2=NC(c3cccc4c5ccccc5c5ccccc5c34)NC(c3ccc(-n4c5ccccc5c5cc6ccccc6cc54)c(-c4cccc5c4sc4ccccc45)c3)=N2)cc1. The third kappa shape index (κ3) is 5.63. The van der Waals surface area contributed by atoms with E-state index in [9.17, 15) is 0 Å². The van der Waals surface area contributed by atoms with Crippen LogP contribution in [-0.2, 0) is 0 Å². The van der Waals surface area contributed by atoms with Crippen molar-refractivity contribution in [3.63, 3.8) is 0 Å². The first-order valence-electron chi connectivity index (χ1n) is 22.5. The van der Waals surface area contributed by atoms with Gasteiger partial charge in [-0.3, -0.25) is 0 Å². The van der Waals surface area contributed by atoms with E-state index in [4.69, 9.17) is 9.98 Å². The number of hydrogen-bond acceptors (Lipinski definition) is 4. The van der Waals surface area contributed by atoms with Crippen LogP contribution in [0.4, 0.5) is 0 Å². The van der Waals surface area contributed by atoms with Gasteiger partial charge in [-0.1, -0.05) is 176 Å². The lowest BCUT2D eigenvalue weighted by atomic mass is 9.90. The molecule has 0 radical (unpaired) electrons. The Balaban J connectivity index is 1.02. The van der Waals surface area contributed by atoms with Gasteiger partial charge in [-0.05, 0) is 85.6 Å². The second-order valence-electron chi connectivity index (χ2n) is 17.3. The Morgan fingerprint density at radius 2 is 1.05 bits per heavy atom. The van der Waals surface area contributed by atoms with Crippen LogP contribution in [0.25, 0.3) is 102 Å². The maximum atomic E-state index is 5.45. The molecule has 0 saturated heterocycles. The van der Waals surface area contributed by atoms with E-state index in [1.165, 1.54) is 90.6 Å². The highest BCUT2D eigenvalue weighted by atomic mass is 32.1. The summed E-state index contributed by atoms with van der Waals surface area (Å²) in [5, 5.41) is 18.7. The van der Waals surface area contributed by atoms with Gasteiger partial charge in [0.2, 0.25) is 0 Å². The molecule has 5 heteroatoms. The molecule has 11 aromatic carbocycles. The minimum absolute atomic E-state index is 0.416. The molecule has 3 heterocycles. The first-order chi connectivity index (χ1) is 32.7. The Labute approximate surface area is 384 Å². The summed E-state index contributed by atoms with van der Waals surface area (Å²) in [5.41, 5.74) is 8.85. The monoisotopic (exact) mass is 858 g/mol. The van der Waals surface area contributed by atoms with E-state index in [0.29, 0.717) is 5.84 Å². The van der Waals surface area contributed by atoms with Crippen LogP contribution in [0.5, 0.6) is 0 Å². The maximum absolute atomic E-state index is 5.45. The van der Waals surface area contributed by atoms with Crippen LogP contribution in [0, 0.1) is 0 Å². The summed E-state index contributed by atoms with van der Waals surface area (Å²) in [6, 6.07) is 79.3. The number of nitrogens with one attached hydrogen (secondary N) is 1. The third-order valence-electron chi connectivity index (χ3n) is 13.6. The van der Waals surface area contributed by atoms with E-state index in [2.05, 4.69) is 222 Å². The second-order valence-corrected chi connectivity index (χ2v) is 18.3. The number of aromatic nitrogens is 1. The number of benzene rings is 11. The Morgan fingerprint density at radius 1 is 0.424 bits per heavy atom. The Kier molecular flexibility index (Phi) is 8.18. The quantitative estimate of drug-likeness (QED) is 0.172. The standard InChI is InChI=1S/C61H38N4S/c1-2-16-37(17-3-1)59-62-60(64-61(63-59)50-29-14-26-47-43-21-7-6-20-41(43)42-22-8-9-25-46(42)57(47)50)40-32-33-54(52(35-40)49-28-15-27-48-45-24-11-13-31-56(45)66-58(48)49)65-53-30-12-10-23-44(53)51-34-38-18-4-5-19-39(38)36-55(51)65/h1-36,61H,(H,62,63,64). The zero-order chi connectivity index (χ0) is 43.3. The lowest BCUT2D eigenvalue weighted by Gasteiger charge is -2.26. The number of aliphatic imine (C=N–C) groups is 2. The maximum Gasteiger partial charge on any atom is 0.159 e. The van der Waals surface area contributed by atoms with Crippen LogP contribution in [0.3, 0.4) is 0 Å². The van der Waals surface area contributed by atoms with E-state index in [0.717, 1.165) is 33.8 Å². The van der Waals surface area contributed by atoms with Gasteiger partial charge in [0.25, 0.3) is 0 Å². The first kappa shape index (κ1) is 37.0. The zero-order valence-electron chi connectivity index (χ0n) is 35.6. The molecule has 1 aliphatic heterocycles. The van der Waals surface area contributed by atoms with Gasteiger partial charge in [0.15, 0.2) is 5.84 Å². The van der Waals surface area contributed by atoms with E-state index < -0.39 is 6.17 Å². The minimum Gasteiger partial charge on any atom is -0.344 e. The predicted octanol–water partition coefficient (Wildman–Crippen LogP) is 15.9. The first-order valence-corrected chi connectivity index (χ1v) is 23.3. The van der Waals surface area contributed by atoms with Crippen molar-refractivity contribution < 1.29 is 0 Å². The van der Waals surface area contributed by atoms with E-state index in [-0.39, 0.29) is 0 Å². The van der Waals surface area contributed by atoms with Gasteiger partial charge in [-0.25, -0.2) is 9.98 Å². The fourth-order valence-electron chi connectivity index (χ4n) is 10.7. The van der Waals surface area contributed by atoms with Gasteiger partial charge in [0.1, 0.15) is 12.0 Å². The van der Waals surface area contributed by atoms with Crippen LogP contribution in [0.1, 0.15) is 22.9 Å². The van der Waals surface area contributed by atoms with Crippen molar-refractivity contribution in [1.29, 1.82) is 0 Å². The summed E-state index contributed by atoms with van der Waals surface area (Å²) >= 11 is 1.86. The number of amidine groups is 2. The highest BCUT2D eigenvalue weighted by Gasteiger charge is 2.26. The van der Waals surface area contributed by atoms with E-state index in [1.807, 2.05) is 17.4 Å². The topological polar surface area (TPSA) is 41.7 Å². The third-order valence-corrected chi connectivity index (χ3v) is 14.8. The van der Waals surface area contributed by atoms with Crippen molar-refractivity contribution >= 4 is 108 Å². The van der Waals surface area contributed by atoms with Crippen LogP contribution in [0.2, 0.25) is 0 Å². The van der Waals surface area contributed by atoms with Crippen molar-refractivity contribution in [1.82, 2.24) is 9.88 Å². The minimum atomic E-state index is -0.416. The van der Waals surface area contributed by atoms with Crippen LogP contribution < -0.4 is 5.32 Å². The summed E-state index contributed by atoms with van der Waals surface area (Å²) in [7, 11) is 0. The summed E-state index contributed by atoms with van der Waals surface area (Å²) in [6.07, 6.45) is -0.416. The van der Waals surface area contributed by atoms with Gasteiger partial charge in [0, 0.05) is 58.8 Å². The lowest BCUT2D eigenvalue weighted by Crippen LogP contribution is -2.33. The smallest absolute Gasteiger partial charge is 0.159 e. The molecule has 0 spiro atoms. The molecule has 4 nitrogen and oxygen atoms in total. The van der Waals surface area contributed by atoms with Gasteiger partial charge in [-0.2, -0.15) is 0 Å². The molecule has 1 aliphatic rings. The Hall–Kier alpha value is -8.38. The molecule has 1 N–H and O–H groups in total. The van der Waals surface area contributed by atoms with Crippen LogP contribution in [-0.4, -0.2) is 16.2 Å². The van der Waals surface area contributed by atoms with Gasteiger partial charge in [-0.15, -0.1) is 11.3 Å². The molecule has 66 heavy (non-hydrogen) atoms. The summed E-state index contributed by atoms with van der Waals surface area (Å²) in [5.74, 6) is 1.48. The largest absolute Gasteiger partial charge is 0.344 e. The van der Waals surface area contributed by atoms with E-state index >= 15 is 0 Å². The lowest BCUT2D eigenvalue weighted by molar-refractivity contribution is 0.680. The van der Waals surface area contributed by atoms with Crippen LogP contribution in [0.15, 0.2) is 228 Å². The molecule has 2 aromatic heterocycles. The molecule has 0 bridgehead atoms. The summed E-state index contributed by atoms with van der Waals surface area (Å²) < 4.78 is 5.02. The van der Waals surface area contributed by atoms with Crippen molar-refractivity contribution in [2.75, 3.05) is 0 Å². The molecule has 308 valence electrons. The van der Waals surface area contributed by atoms with Crippen molar-refractivity contribution in [3.05, 3.63) is 235 Å². The molecule has 1 atom stereocenters. The summed E-state index contributed by atoms with van der Waals surface area (Å²) in [6.45, 7) is 0. The normalized spacial score (nSPS) is 14.2. The van der Waals surface area contributed by atoms with Gasteiger partial charge in [0.05, 0.1) is 16.7 Å². The highest BCUT2D eigenvalue weighted by molar-refractivity contribution is 7.26. The fourth-order valence-corrected chi connectivity index (χ4v) is 11.9. The predicted molar refractivity (Wildman–Crippen MR) is 281 cm³/mol. The van der Waals surface area contributed by atoms with Gasteiger partial charge < -0.3 is 9.88 Å². The molecule has 1 unspecified atom stereocenters. The summed E-state index contributed by atoms with van der Waals surface area (Å²) in [4.78, 5) is 10.8. The Bertz CT molecular complexity index is 4170. The van der Waals surface area contributed by atoms with Crippen LogP contribution >= 0.6 is 11.3 Å².